The Labute approximate surface area is 101 Å². The molecule has 5 heteroatoms. The maximum absolute atomic E-state index is 4.36. The highest BCUT2D eigenvalue weighted by Crippen LogP contribution is 2.22. The minimum atomic E-state index is 0.0578. The van der Waals surface area contributed by atoms with Crippen molar-refractivity contribution in [2.75, 3.05) is 6.54 Å². The van der Waals surface area contributed by atoms with Crippen LogP contribution in [0.3, 0.4) is 0 Å². The van der Waals surface area contributed by atoms with E-state index in [9.17, 15) is 0 Å². The SMILES string of the molecule is CCNC(c1cnccn1)c1cnn(C)c1C. The van der Waals surface area contributed by atoms with Crippen LogP contribution in [0.4, 0.5) is 0 Å². The second kappa shape index (κ2) is 5.05. The fourth-order valence-electron chi connectivity index (χ4n) is 1.84. The topological polar surface area (TPSA) is 55.6 Å². The first-order valence-electron chi connectivity index (χ1n) is 5.71. The molecule has 0 radical (unpaired) electrons. The van der Waals surface area contributed by atoms with Crippen molar-refractivity contribution in [1.29, 1.82) is 0 Å². The van der Waals surface area contributed by atoms with E-state index in [2.05, 4.69) is 34.2 Å². The van der Waals surface area contributed by atoms with Gasteiger partial charge >= 0.3 is 0 Å². The van der Waals surface area contributed by atoms with Crippen molar-refractivity contribution in [3.05, 3.63) is 41.7 Å². The largest absolute Gasteiger partial charge is 0.305 e. The Morgan fingerprint density at radius 3 is 2.71 bits per heavy atom. The molecular weight excluding hydrogens is 214 g/mol. The molecule has 17 heavy (non-hydrogen) atoms. The summed E-state index contributed by atoms with van der Waals surface area (Å²) < 4.78 is 1.87. The third-order valence-electron chi connectivity index (χ3n) is 2.87. The Hall–Kier alpha value is -1.75. The van der Waals surface area contributed by atoms with Crippen molar-refractivity contribution in [2.45, 2.75) is 19.9 Å². The molecule has 90 valence electrons. The number of hydrogen-bond acceptors (Lipinski definition) is 4. The molecule has 5 nitrogen and oxygen atoms in total. The van der Waals surface area contributed by atoms with E-state index in [1.165, 1.54) is 0 Å². The van der Waals surface area contributed by atoms with Crippen molar-refractivity contribution >= 4 is 0 Å². The molecule has 1 N–H and O–H groups in total. The Morgan fingerprint density at radius 1 is 1.35 bits per heavy atom. The van der Waals surface area contributed by atoms with Crippen LogP contribution in [-0.4, -0.2) is 26.3 Å². The number of aromatic nitrogens is 4. The normalized spacial score (nSPS) is 12.6. The lowest BCUT2D eigenvalue weighted by atomic mass is 10.1. The van der Waals surface area contributed by atoms with Gasteiger partial charge < -0.3 is 5.32 Å². The molecule has 0 aliphatic heterocycles. The Kier molecular flexibility index (Phi) is 3.49. The third kappa shape index (κ3) is 2.34. The quantitative estimate of drug-likeness (QED) is 0.859. The zero-order valence-electron chi connectivity index (χ0n) is 10.4. The van der Waals surface area contributed by atoms with Gasteiger partial charge in [-0.05, 0) is 13.5 Å². The summed E-state index contributed by atoms with van der Waals surface area (Å²) in [5, 5.41) is 7.69. The van der Waals surface area contributed by atoms with E-state index < -0.39 is 0 Å². The first-order valence-corrected chi connectivity index (χ1v) is 5.71. The van der Waals surface area contributed by atoms with Crippen LogP contribution in [0.15, 0.2) is 24.8 Å². The molecular formula is C12H17N5. The maximum atomic E-state index is 4.36. The van der Waals surface area contributed by atoms with Gasteiger partial charge in [0.2, 0.25) is 0 Å². The highest BCUT2D eigenvalue weighted by atomic mass is 15.3. The fourth-order valence-corrected chi connectivity index (χ4v) is 1.84. The van der Waals surface area contributed by atoms with E-state index in [1.54, 1.807) is 18.6 Å². The van der Waals surface area contributed by atoms with Gasteiger partial charge in [0.15, 0.2) is 0 Å². The predicted octanol–water partition coefficient (Wildman–Crippen LogP) is 1.22. The molecule has 0 bridgehead atoms. The number of nitrogens with zero attached hydrogens (tertiary/aromatic N) is 4. The van der Waals surface area contributed by atoms with E-state index >= 15 is 0 Å². The molecule has 2 aromatic rings. The summed E-state index contributed by atoms with van der Waals surface area (Å²) in [7, 11) is 1.94. The fraction of sp³-hybridized carbons (Fsp3) is 0.417. The molecule has 0 saturated carbocycles. The molecule has 2 rings (SSSR count). The summed E-state index contributed by atoms with van der Waals surface area (Å²) in [4.78, 5) is 8.48. The van der Waals surface area contributed by atoms with Gasteiger partial charge in [-0.25, -0.2) is 0 Å². The molecule has 1 atom stereocenters. The lowest BCUT2D eigenvalue weighted by molar-refractivity contribution is 0.607. The van der Waals surface area contributed by atoms with Crippen LogP contribution in [-0.2, 0) is 7.05 Å². The van der Waals surface area contributed by atoms with Gasteiger partial charge in [0.25, 0.3) is 0 Å². The summed E-state index contributed by atoms with van der Waals surface area (Å²) >= 11 is 0. The van der Waals surface area contributed by atoms with Gasteiger partial charge in [0, 0.05) is 30.7 Å². The molecule has 0 spiro atoms. The molecule has 0 saturated heterocycles. The van der Waals surface area contributed by atoms with Crippen molar-refractivity contribution in [3.8, 4) is 0 Å². The summed E-state index contributed by atoms with van der Waals surface area (Å²) in [6.07, 6.45) is 7.07. The van der Waals surface area contributed by atoms with Crippen LogP contribution in [0, 0.1) is 6.92 Å². The standard InChI is InChI=1S/C12H17N5/c1-4-14-12(11-8-13-5-6-15-11)10-7-16-17(3)9(10)2/h5-8,12,14H,4H2,1-3H3. The van der Waals surface area contributed by atoms with E-state index in [4.69, 9.17) is 0 Å². The molecule has 0 fully saturated rings. The lowest BCUT2D eigenvalue weighted by Crippen LogP contribution is -2.23. The van der Waals surface area contributed by atoms with E-state index in [0.717, 1.165) is 23.5 Å². The minimum Gasteiger partial charge on any atom is -0.305 e. The lowest BCUT2D eigenvalue weighted by Gasteiger charge is -2.16. The predicted molar refractivity (Wildman–Crippen MR) is 65.5 cm³/mol. The molecule has 2 aromatic heterocycles. The average Bonchev–Trinajstić information content (AvgIpc) is 2.69. The second-order valence-electron chi connectivity index (χ2n) is 3.93. The van der Waals surface area contributed by atoms with Gasteiger partial charge in [-0.1, -0.05) is 6.92 Å². The molecule has 2 heterocycles. The van der Waals surface area contributed by atoms with Crippen molar-refractivity contribution in [2.24, 2.45) is 7.05 Å². The summed E-state index contributed by atoms with van der Waals surface area (Å²) in [6.45, 7) is 5.01. The number of hydrogen-bond donors (Lipinski definition) is 1. The van der Waals surface area contributed by atoms with Gasteiger partial charge in [-0.2, -0.15) is 5.10 Å². The number of nitrogens with one attached hydrogen (secondary N) is 1. The van der Waals surface area contributed by atoms with Crippen molar-refractivity contribution in [3.63, 3.8) is 0 Å². The smallest absolute Gasteiger partial charge is 0.0802 e. The Morgan fingerprint density at radius 2 is 2.18 bits per heavy atom. The van der Waals surface area contributed by atoms with Gasteiger partial charge in [0.05, 0.1) is 24.1 Å². The van der Waals surface area contributed by atoms with Crippen molar-refractivity contribution in [1.82, 2.24) is 25.1 Å². The van der Waals surface area contributed by atoms with Crippen LogP contribution in [0.25, 0.3) is 0 Å². The molecule has 0 aliphatic carbocycles. The van der Waals surface area contributed by atoms with Crippen LogP contribution < -0.4 is 5.32 Å². The van der Waals surface area contributed by atoms with Crippen LogP contribution in [0.5, 0.6) is 0 Å². The van der Waals surface area contributed by atoms with Crippen LogP contribution >= 0.6 is 0 Å². The van der Waals surface area contributed by atoms with E-state index in [-0.39, 0.29) is 6.04 Å². The van der Waals surface area contributed by atoms with E-state index in [1.807, 2.05) is 17.9 Å². The van der Waals surface area contributed by atoms with Crippen LogP contribution in [0.1, 0.15) is 29.9 Å². The third-order valence-corrected chi connectivity index (χ3v) is 2.87. The zero-order chi connectivity index (χ0) is 12.3. The average molecular weight is 231 g/mol. The summed E-state index contributed by atoms with van der Waals surface area (Å²) in [5.41, 5.74) is 3.21. The Balaban J connectivity index is 2.39. The summed E-state index contributed by atoms with van der Waals surface area (Å²) in [6, 6.07) is 0.0578. The van der Waals surface area contributed by atoms with Gasteiger partial charge in [-0.3, -0.25) is 14.6 Å². The number of rotatable bonds is 4. The maximum Gasteiger partial charge on any atom is 0.0802 e. The highest BCUT2D eigenvalue weighted by Gasteiger charge is 2.18. The molecule has 0 aliphatic rings. The van der Waals surface area contributed by atoms with Gasteiger partial charge in [-0.15, -0.1) is 0 Å². The monoisotopic (exact) mass is 231 g/mol. The van der Waals surface area contributed by atoms with Gasteiger partial charge in [0.1, 0.15) is 0 Å². The molecule has 1 unspecified atom stereocenters. The van der Waals surface area contributed by atoms with E-state index in [0.29, 0.717) is 0 Å². The Bertz CT molecular complexity index is 477. The first-order chi connectivity index (χ1) is 8.24. The van der Waals surface area contributed by atoms with Crippen LogP contribution in [0.2, 0.25) is 0 Å². The molecule has 0 amide bonds. The second-order valence-corrected chi connectivity index (χ2v) is 3.93. The summed E-state index contributed by atoms with van der Waals surface area (Å²) in [5.74, 6) is 0. The number of aryl methyl sites for hydroxylation is 1. The first kappa shape index (κ1) is 11.7. The molecule has 0 aromatic carbocycles. The van der Waals surface area contributed by atoms with Crippen molar-refractivity contribution < 1.29 is 0 Å². The highest BCUT2D eigenvalue weighted by molar-refractivity contribution is 5.27. The zero-order valence-corrected chi connectivity index (χ0v) is 10.4. The minimum absolute atomic E-state index is 0.0578.